The molecule has 0 aliphatic carbocycles. The van der Waals surface area contributed by atoms with Crippen molar-refractivity contribution in [1.82, 2.24) is 24.3 Å². The Balaban J connectivity index is 1.56. The molecule has 4 heterocycles. The quantitative estimate of drug-likeness (QED) is 0.314. The van der Waals surface area contributed by atoms with E-state index < -0.39 is 12.7 Å². The van der Waals surface area contributed by atoms with Crippen molar-refractivity contribution in [2.24, 2.45) is 0 Å². The molecule has 0 aliphatic rings. The van der Waals surface area contributed by atoms with Crippen molar-refractivity contribution in [2.75, 3.05) is 19.8 Å². The molecule has 0 saturated heterocycles. The number of hydrogen-bond donors (Lipinski definition) is 1. The highest BCUT2D eigenvalue weighted by Crippen LogP contribution is 2.34. The highest BCUT2D eigenvalue weighted by molar-refractivity contribution is 5.90. The van der Waals surface area contributed by atoms with Gasteiger partial charge in [0.1, 0.15) is 18.9 Å². The third kappa shape index (κ3) is 5.91. The SMILES string of the molecule is CCCCOCCOc1cncc(-c2cc(C)c3c(O)n(-c4cnn(CC(F)(F)F)c4)cc3n2)c1. The molecule has 11 heteroatoms. The van der Waals surface area contributed by atoms with Crippen LogP contribution in [-0.2, 0) is 11.3 Å². The zero-order chi connectivity index (χ0) is 25.0. The maximum absolute atomic E-state index is 12.7. The first-order chi connectivity index (χ1) is 16.7. The van der Waals surface area contributed by atoms with Gasteiger partial charge in [-0.05, 0) is 31.0 Å². The Hall–Kier alpha value is -3.60. The molecule has 0 unspecified atom stereocenters. The van der Waals surface area contributed by atoms with Gasteiger partial charge in [0.2, 0.25) is 5.88 Å². The van der Waals surface area contributed by atoms with Gasteiger partial charge < -0.3 is 14.6 Å². The summed E-state index contributed by atoms with van der Waals surface area (Å²) in [5.41, 5.74) is 2.88. The number of ether oxygens (including phenoxy) is 2. The number of hydrogen-bond acceptors (Lipinski definition) is 6. The molecule has 0 bridgehead atoms. The lowest BCUT2D eigenvalue weighted by Crippen LogP contribution is -2.17. The predicted octanol–water partition coefficient (Wildman–Crippen LogP) is 5.06. The lowest BCUT2D eigenvalue weighted by molar-refractivity contribution is -0.142. The van der Waals surface area contributed by atoms with Gasteiger partial charge in [0.15, 0.2) is 0 Å². The zero-order valence-corrected chi connectivity index (χ0v) is 19.4. The molecule has 0 radical (unpaired) electrons. The average Bonchev–Trinajstić information content (AvgIpc) is 3.39. The monoisotopic (exact) mass is 489 g/mol. The summed E-state index contributed by atoms with van der Waals surface area (Å²) in [4.78, 5) is 8.88. The second-order valence-electron chi connectivity index (χ2n) is 8.14. The van der Waals surface area contributed by atoms with Gasteiger partial charge in [0.05, 0.1) is 41.3 Å². The highest BCUT2D eigenvalue weighted by atomic mass is 19.4. The number of aromatic hydroxyl groups is 1. The van der Waals surface area contributed by atoms with Crippen LogP contribution in [0.15, 0.2) is 43.1 Å². The van der Waals surface area contributed by atoms with Crippen LogP contribution in [0, 0.1) is 6.92 Å². The van der Waals surface area contributed by atoms with Crippen molar-refractivity contribution < 1.29 is 27.8 Å². The molecule has 0 aromatic carbocycles. The van der Waals surface area contributed by atoms with E-state index in [9.17, 15) is 18.3 Å². The van der Waals surface area contributed by atoms with Gasteiger partial charge in [0, 0.05) is 30.8 Å². The van der Waals surface area contributed by atoms with Crippen LogP contribution in [0.5, 0.6) is 11.6 Å². The Morgan fingerprint density at radius 2 is 1.89 bits per heavy atom. The van der Waals surface area contributed by atoms with Crippen LogP contribution in [0.25, 0.3) is 27.8 Å². The Labute approximate surface area is 199 Å². The first-order valence-corrected chi connectivity index (χ1v) is 11.2. The molecule has 186 valence electrons. The number of aromatic nitrogens is 5. The van der Waals surface area contributed by atoms with Gasteiger partial charge in [-0.15, -0.1) is 0 Å². The third-order valence-corrected chi connectivity index (χ3v) is 5.33. The van der Waals surface area contributed by atoms with Gasteiger partial charge in [-0.3, -0.25) is 14.2 Å². The summed E-state index contributed by atoms with van der Waals surface area (Å²) in [5, 5.41) is 15.0. The van der Waals surface area contributed by atoms with Gasteiger partial charge in [-0.25, -0.2) is 4.98 Å². The number of pyridine rings is 2. The molecule has 4 aromatic heterocycles. The van der Waals surface area contributed by atoms with Gasteiger partial charge >= 0.3 is 6.18 Å². The molecule has 0 spiro atoms. The molecule has 0 fully saturated rings. The smallest absolute Gasteiger partial charge is 0.408 e. The van der Waals surface area contributed by atoms with E-state index >= 15 is 0 Å². The van der Waals surface area contributed by atoms with E-state index in [1.807, 2.05) is 19.1 Å². The minimum Gasteiger partial charge on any atom is -0.494 e. The molecule has 0 amide bonds. The van der Waals surface area contributed by atoms with Crippen molar-refractivity contribution in [3.05, 3.63) is 48.7 Å². The summed E-state index contributed by atoms with van der Waals surface area (Å²) < 4.78 is 51.4. The molecular weight excluding hydrogens is 463 g/mol. The summed E-state index contributed by atoms with van der Waals surface area (Å²) in [5.74, 6) is 0.458. The first-order valence-electron chi connectivity index (χ1n) is 11.2. The molecule has 4 aromatic rings. The lowest BCUT2D eigenvalue weighted by Gasteiger charge is -2.09. The summed E-state index contributed by atoms with van der Waals surface area (Å²) in [6.07, 6.45) is 5.02. The zero-order valence-electron chi connectivity index (χ0n) is 19.4. The summed E-state index contributed by atoms with van der Waals surface area (Å²) >= 11 is 0. The normalized spacial score (nSPS) is 11.9. The third-order valence-electron chi connectivity index (χ3n) is 5.33. The largest absolute Gasteiger partial charge is 0.494 e. The number of rotatable bonds is 10. The Morgan fingerprint density at radius 1 is 1.06 bits per heavy atom. The maximum Gasteiger partial charge on any atom is 0.408 e. The molecule has 0 saturated carbocycles. The van der Waals surface area contributed by atoms with Gasteiger partial charge in [0.25, 0.3) is 0 Å². The number of unbranched alkanes of at least 4 members (excludes halogenated alkanes) is 1. The average molecular weight is 489 g/mol. The van der Waals surface area contributed by atoms with Gasteiger partial charge in [-0.1, -0.05) is 13.3 Å². The van der Waals surface area contributed by atoms with E-state index in [1.54, 1.807) is 18.6 Å². The van der Waals surface area contributed by atoms with E-state index in [0.29, 0.717) is 47.9 Å². The number of fused-ring (bicyclic) bond motifs is 1. The standard InChI is InChI=1S/C24H26F3N5O3/c1-3-4-5-34-6-7-35-19-9-17(10-28-12-19)20-8-16(2)22-21(30-20)14-32(23(22)33)18-11-29-31(13-18)15-24(25,26)27/h8-14,33H,3-7,15H2,1-2H3. The number of nitrogens with zero attached hydrogens (tertiary/aromatic N) is 5. The fourth-order valence-corrected chi connectivity index (χ4v) is 3.68. The minimum atomic E-state index is -4.39. The van der Waals surface area contributed by atoms with Crippen molar-refractivity contribution in [2.45, 2.75) is 39.4 Å². The fourth-order valence-electron chi connectivity index (χ4n) is 3.68. The number of aryl methyl sites for hydroxylation is 1. The first kappa shape index (κ1) is 24.5. The number of halogens is 3. The second kappa shape index (κ2) is 10.3. The second-order valence-corrected chi connectivity index (χ2v) is 8.14. The molecule has 0 aliphatic heterocycles. The summed E-state index contributed by atoms with van der Waals surface area (Å²) in [7, 11) is 0. The van der Waals surface area contributed by atoms with E-state index in [-0.39, 0.29) is 5.88 Å². The summed E-state index contributed by atoms with van der Waals surface area (Å²) in [6.45, 7) is 4.31. The Kier molecular flexibility index (Phi) is 7.25. The molecule has 8 nitrogen and oxygen atoms in total. The fraction of sp³-hybridized carbons (Fsp3) is 0.375. The lowest BCUT2D eigenvalue weighted by atomic mass is 10.1. The molecule has 0 atom stereocenters. The van der Waals surface area contributed by atoms with Crippen LogP contribution in [-0.4, -0.2) is 55.4 Å². The molecule has 1 N–H and O–H groups in total. The molecule has 35 heavy (non-hydrogen) atoms. The minimum absolute atomic E-state index is 0.124. The van der Waals surface area contributed by atoms with Crippen LogP contribution >= 0.6 is 0 Å². The van der Waals surface area contributed by atoms with Crippen LogP contribution < -0.4 is 4.74 Å². The van der Waals surface area contributed by atoms with Crippen molar-refractivity contribution in [1.29, 1.82) is 0 Å². The molecular formula is C24H26F3N5O3. The van der Waals surface area contributed by atoms with E-state index in [2.05, 4.69) is 22.0 Å². The topological polar surface area (TPSA) is 87.2 Å². The van der Waals surface area contributed by atoms with Crippen LogP contribution in [0.3, 0.4) is 0 Å². The van der Waals surface area contributed by atoms with Crippen molar-refractivity contribution in [3.63, 3.8) is 0 Å². The van der Waals surface area contributed by atoms with Gasteiger partial charge in [-0.2, -0.15) is 18.3 Å². The van der Waals surface area contributed by atoms with Crippen molar-refractivity contribution in [3.8, 4) is 28.6 Å². The Bertz CT molecular complexity index is 1300. The highest BCUT2D eigenvalue weighted by Gasteiger charge is 2.28. The molecule has 4 rings (SSSR count). The van der Waals surface area contributed by atoms with Crippen LogP contribution in [0.4, 0.5) is 13.2 Å². The van der Waals surface area contributed by atoms with Crippen LogP contribution in [0.1, 0.15) is 25.3 Å². The Morgan fingerprint density at radius 3 is 2.66 bits per heavy atom. The van der Waals surface area contributed by atoms with E-state index in [1.165, 1.54) is 17.0 Å². The maximum atomic E-state index is 12.7. The van der Waals surface area contributed by atoms with E-state index in [0.717, 1.165) is 28.7 Å². The van der Waals surface area contributed by atoms with Crippen LogP contribution in [0.2, 0.25) is 0 Å². The number of alkyl halides is 3. The van der Waals surface area contributed by atoms with E-state index in [4.69, 9.17) is 9.47 Å². The van der Waals surface area contributed by atoms with Crippen molar-refractivity contribution >= 4 is 10.9 Å². The predicted molar refractivity (Wildman–Crippen MR) is 124 cm³/mol. The summed E-state index contributed by atoms with van der Waals surface area (Å²) in [6, 6.07) is 3.64.